The van der Waals surface area contributed by atoms with Crippen LogP contribution in [0.5, 0.6) is 0 Å². The summed E-state index contributed by atoms with van der Waals surface area (Å²) < 4.78 is 0. The van der Waals surface area contributed by atoms with Gasteiger partial charge >= 0.3 is 12.0 Å². The van der Waals surface area contributed by atoms with Crippen molar-refractivity contribution >= 4 is 12.0 Å². The van der Waals surface area contributed by atoms with Gasteiger partial charge in [-0.05, 0) is 46.5 Å². The van der Waals surface area contributed by atoms with E-state index in [1.807, 2.05) is 20.8 Å². The van der Waals surface area contributed by atoms with Gasteiger partial charge < -0.3 is 15.3 Å². The van der Waals surface area contributed by atoms with Crippen LogP contribution in [-0.2, 0) is 4.79 Å². The standard InChI is InChI=1S/C13H24N2O3/c1-5-12(2,3)14-11(18)15-9-7-6-8-13(15,4)10(16)17/h5-9H2,1-4H3,(H,14,18)(H,16,17). The SMILES string of the molecule is CCC(C)(C)NC(=O)N1CCCCC1(C)C(=O)O. The number of rotatable bonds is 3. The molecule has 2 N–H and O–H groups in total. The van der Waals surface area contributed by atoms with Gasteiger partial charge in [0.05, 0.1) is 0 Å². The fourth-order valence-corrected chi connectivity index (χ4v) is 2.11. The van der Waals surface area contributed by atoms with Gasteiger partial charge in [-0.15, -0.1) is 0 Å². The first-order chi connectivity index (χ1) is 8.23. The van der Waals surface area contributed by atoms with E-state index < -0.39 is 11.5 Å². The van der Waals surface area contributed by atoms with Gasteiger partial charge in [0.1, 0.15) is 5.54 Å². The van der Waals surface area contributed by atoms with Crippen molar-refractivity contribution in [1.29, 1.82) is 0 Å². The van der Waals surface area contributed by atoms with Gasteiger partial charge in [-0.2, -0.15) is 0 Å². The molecule has 5 heteroatoms. The molecule has 0 spiro atoms. The summed E-state index contributed by atoms with van der Waals surface area (Å²) in [4.78, 5) is 25.1. The smallest absolute Gasteiger partial charge is 0.329 e. The van der Waals surface area contributed by atoms with E-state index >= 15 is 0 Å². The monoisotopic (exact) mass is 256 g/mol. The Hall–Kier alpha value is -1.26. The van der Waals surface area contributed by atoms with Crippen LogP contribution in [0.4, 0.5) is 4.79 Å². The molecule has 5 nitrogen and oxygen atoms in total. The zero-order chi connectivity index (χ0) is 14.0. The first-order valence-corrected chi connectivity index (χ1v) is 6.56. The Balaban J connectivity index is 2.85. The minimum Gasteiger partial charge on any atom is -0.480 e. The number of hydrogen-bond donors (Lipinski definition) is 2. The van der Waals surface area contributed by atoms with Crippen molar-refractivity contribution in [3.63, 3.8) is 0 Å². The second kappa shape index (κ2) is 5.16. The van der Waals surface area contributed by atoms with Crippen molar-refractivity contribution in [1.82, 2.24) is 10.2 Å². The molecule has 104 valence electrons. The van der Waals surface area contributed by atoms with E-state index in [9.17, 15) is 14.7 Å². The zero-order valence-electron chi connectivity index (χ0n) is 11.7. The minimum absolute atomic E-state index is 0.272. The van der Waals surface area contributed by atoms with E-state index in [4.69, 9.17) is 0 Å². The van der Waals surface area contributed by atoms with E-state index in [0.29, 0.717) is 13.0 Å². The van der Waals surface area contributed by atoms with Gasteiger partial charge in [0, 0.05) is 12.1 Å². The predicted molar refractivity (Wildman–Crippen MR) is 69.5 cm³/mol. The Bertz CT molecular complexity index is 341. The molecule has 1 saturated heterocycles. The number of urea groups is 1. The maximum Gasteiger partial charge on any atom is 0.329 e. The summed E-state index contributed by atoms with van der Waals surface area (Å²) in [5, 5.41) is 12.3. The molecule has 1 heterocycles. The zero-order valence-corrected chi connectivity index (χ0v) is 11.7. The number of nitrogens with zero attached hydrogens (tertiary/aromatic N) is 1. The van der Waals surface area contributed by atoms with Crippen LogP contribution in [0.2, 0.25) is 0 Å². The number of carboxylic acid groups (broad SMARTS) is 1. The number of hydrogen-bond acceptors (Lipinski definition) is 2. The highest BCUT2D eigenvalue weighted by atomic mass is 16.4. The van der Waals surface area contributed by atoms with Gasteiger partial charge in [0.2, 0.25) is 0 Å². The van der Waals surface area contributed by atoms with Crippen LogP contribution in [0.1, 0.15) is 53.4 Å². The normalized spacial score (nSPS) is 24.8. The molecule has 0 saturated carbocycles. The third-order valence-electron chi connectivity index (χ3n) is 3.93. The van der Waals surface area contributed by atoms with Crippen molar-refractivity contribution < 1.29 is 14.7 Å². The molecule has 1 unspecified atom stereocenters. The first kappa shape index (κ1) is 14.8. The largest absolute Gasteiger partial charge is 0.480 e. The molecule has 1 rings (SSSR count). The highest BCUT2D eigenvalue weighted by Crippen LogP contribution is 2.28. The minimum atomic E-state index is -1.08. The number of aliphatic carboxylic acids is 1. The van der Waals surface area contributed by atoms with Crippen molar-refractivity contribution in [3.05, 3.63) is 0 Å². The van der Waals surface area contributed by atoms with Gasteiger partial charge in [0.15, 0.2) is 0 Å². The summed E-state index contributed by atoms with van der Waals surface area (Å²) in [5.41, 5.74) is -1.39. The summed E-state index contributed by atoms with van der Waals surface area (Å²) in [6, 6.07) is -0.272. The Morgan fingerprint density at radius 3 is 2.50 bits per heavy atom. The van der Waals surface area contributed by atoms with Gasteiger partial charge in [0.25, 0.3) is 0 Å². The van der Waals surface area contributed by atoms with Crippen molar-refractivity contribution in [2.75, 3.05) is 6.54 Å². The fraction of sp³-hybridized carbons (Fsp3) is 0.846. The average Bonchev–Trinajstić information content (AvgIpc) is 2.28. The third-order valence-corrected chi connectivity index (χ3v) is 3.93. The lowest BCUT2D eigenvalue weighted by Crippen LogP contribution is -2.62. The van der Waals surface area contributed by atoms with Crippen LogP contribution in [0.15, 0.2) is 0 Å². The number of carbonyl (C=O) groups excluding carboxylic acids is 1. The maximum atomic E-state index is 12.2. The Kier molecular flexibility index (Phi) is 4.24. The summed E-state index contributed by atoms with van der Waals surface area (Å²) >= 11 is 0. The van der Waals surface area contributed by atoms with Gasteiger partial charge in [-0.25, -0.2) is 9.59 Å². The first-order valence-electron chi connectivity index (χ1n) is 6.56. The summed E-state index contributed by atoms with van der Waals surface area (Å²) in [7, 11) is 0. The molecule has 0 aromatic heterocycles. The van der Waals surface area contributed by atoms with E-state index in [1.165, 1.54) is 4.90 Å². The van der Waals surface area contributed by atoms with Gasteiger partial charge in [-0.3, -0.25) is 0 Å². The third kappa shape index (κ3) is 2.94. The number of amides is 2. The molecular formula is C13H24N2O3. The van der Waals surface area contributed by atoms with Crippen molar-refractivity contribution in [2.24, 2.45) is 0 Å². The van der Waals surface area contributed by atoms with Crippen LogP contribution in [0.3, 0.4) is 0 Å². The molecule has 1 aliphatic heterocycles. The van der Waals surface area contributed by atoms with E-state index in [-0.39, 0.29) is 11.6 Å². The molecule has 0 aliphatic carbocycles. The lowest BCUT2D eigenvalue weighted by Gasteiger charge is -2.43. The molecule has 0 aromatic rings. The second-order valence-electron chi connectivity index (χ2n) is 5.86. The molecule has 1 fully saturated rings. The van der Waals surface area contributed by atoms with E-state index in [1.54, 1.807) is 6.92 Å². The lowest BCUT2D eigenvalue weighted by molar-refractivity contribution is -0.150. The van der Waals surface area contributed by atoms with Gasteiger partial charge in [-0.1, -0.05) is 6.92 Å². The van der Waals surface area contributed by atoms with Crippen molar-refractivity contribution in [2.45, 2.75) is 64.5 Å². The highest BCUT2D eigenvalue weighted by Gasteiger charge is 2.44. The summed E-state index contributed by atoms with van der Waals surface area (Å²) in [6.07, 6.45) is 3.03. The highest BCUT2D eigenvalue weighted by molar-refractivity contribution is 5.86. The maximum absolute atomic E-state index is 12.2. The van der Waals surface area contributed by atoms with Crippen LogP contribution < -0.4 is 5.32 Å². The summed E-state index contributed by atoms with van der Waals surface area (Å²) in [5.74, 6) is -0.924. The molecular weight excluding hydrogens is 232 g/mol. The number of carbonyl (C=O) groups is 2. The predicted octanol–water partition coefficient (Wildman–Crippen LogP) is 2.21. The molecule has 18 heavy (non-hydrogen) atoms. The quantitative estimate of drug-likeness (QED) is 0.813. The van der Waals surface area contributed by atoms with Crippen LogP contribution in [-0.4, -0.2) is 39.6 Å². The lowest BCUT2D eigenvalue weighted by atomic mass is 9.88. The second-order valence-corrected chi connectivity index (χ2v) is 5.86. The fourth-order valence-electron chi connectivity index (χ4n) is 2.11. The molecule has 0 aromatic carbocycles. The molecule has 1 aliphatic rings. The Labute approximate surface area is 109 Å². The number of likely N-dealkylation sites (tertiary alicyclic amines) is 1. The Morgan fingerprint density at radius 1 is 1.39 bits per heavy atom. The topological polar surface area (TPSA) is 69.6 Å². The molecule has 0 radical (unpaired) electrons. The van der Waals surface area contributed by atoms with Crippen LogP contribution in [0, 0.1) is 0 Å². The molecule has 2 amide bonds. The number of piperidine rings is 1. The van der Waals surface area contributed by atoms with Crippen LogP contribution >= 0.6 is 0 Å². The average molecular weight is 256 g/mol. The van der Waals surface area contributed by atoms with Crippen molar-refractivity contribution in [3.8, 4) is 0 Å². The number of carboxylic acids is 1. The summed E-state index contributed by atoms with van der Waals surface area (Å²) in [6.45, 7) is 8.01. The van der Waals surface area contributed by atoms with E-state index in [2.05, 4.69) is 5.32 Å². The molecule has 1 atom stereocenters. The number of nitrogens with one attached hydrogen (secondary N) is 1. The Morgan fingerprint density at radius 2 is 2.00 bits per heavy atom. The van der Waals surface area contributed by atoms with Crippen LogP contribution in [0.25, 0.3) is 0 Å². The van der Waals surface area contributed by atoms with E-state index in [0.717, 1.165) is 19.3 Å². The molecule has 0 bridgehead atoms.